The molecule has 0 bridgehead atoms. The molecule has 35 heavy (non-hydrogen) atoms. The number of benzene rings is 5. The monoisotopic (exact) mass is 454 g/mol. The molecular formula is C32H26N2O. The van der Waals surface area contributed by atoms with Gasteiger partial charge in [-0.05, 0) is 34.7 Å². The van der Waals surface area contributed by atoms with E-state index in [0.717, 1.165) is 28.0 Å². The summed E-state index contributed by atoms with van der Waals surface area (Å²) in [5.74, 6) is 1.98. The van der Waals surface area contributed by atoms with Crippen molar-refractivity contribution in [1.82, 2.24) is 9.55 Å². The minimum Gasteiger partial charge on any atom is -0.491 e. The largest absolute Gasteiger partial charge is 0.491 e. The minimum atomic E-state index is 0.0300. The van der Waals surface area contributed by atoms with E-state index in [0.29, 0.717) is 13.2 Å². The van der Waals surface area contributed by atoms with Gasteiger partial charge in [0.2, 0.25) is 0 Å². The summed E-state index contributed by atoms with van der Waals surface area (Å²) in [6.07, 6.45) is 0. The number of fused-ring (bicyclic) bond motifs is 2. The lowest BCUT2D eigenvalue weighted by molar-refractivity contribution is 0.301. The summed E-state index contributed by atoms with van der Waals surface area (Å²) in [5, 5.41) is 2.32. The van der Waals surface area contributed by atoms with Crippen LogP contribution in [-0.2, 0) is 6.54 Å². The molecule has 170 valence electrons. The zero-order chi connectivity index (χ0) is 23.5. The summed E-state index contributed by atoms with van der Waals surface area (Å²) >= 11 is 0. The Balaban J connectivity index is 1.40. The molecule has 0 N–H and O–H groups in total. The van der Waals surface area contributed by atoms with Gasteiger partial charge in [-0.2, -0.15) is 0 Å². The highest BCUT2D eigenvalue weighted by molar-refractivity contribution is 5.88. The van der Waals surface area contributed by atoms with Crippen molar-refractivity contribution >= 4 is 21.8 Å². The summed E-state index contributed by atoms with van der Waals surface area (Å²) in [4.78, 5) is 5.15. The second kappa shape index (κ2) is 9.47. The van der Waals surface area contributed by atoms with Gasteiger partial charge in [-0.1, -0.05) is 109 Å². The number of imidazole rings is 1. The predicted octanol–water partition coefficient (Wildman–Crippen LogP) is 7.45. The van der Waals surface area contributed by atoms with Crippen LogP contribution in [0, 0.1) is 0 Å². The van der Waals surface area contributed by atoms with Crippen LogP contribution in [0.5, 0.6) is 5.75 Å². The van der Waals surface area contributed by atoms with E-state index in [9.17, 15) is 0 Å². The van der Waals surface area contributed by atoms with Gasteiger partial charge in [0, 0.05) is 5.39 Å². The summed E-state index contributed by atoms with van der Waals surface area (Å²) < 4.78 is 8.66. The fourth-order valence-corrected chi connectivity index (χ4v) is 4.90. The average Bonchev–Trinajstić information content (AvgIpc) is 3.28. The van der Waals surface area contributed by atoms with Crippen LogP contribution in [0.1, 0.15) is 22.9 Å². The van der Waals surface area contributed by atoms with Gasteiger partial charge in [0.05, 0.1) is 23.5 Å². The van der Waals surface area contributed by atoms with E-state index in [4.69, 9.17) is 9.72 Å². The molecule has 0 unspecified atom stereocenters. The van der Waals surface area contributed by atoms with E-state index in [2.05, 4.69) is 126 Å². The van der Waals surface area contributed by atoms with Gasteiger partial charge in [-0.15, -0.1) is 0 Å². The topological polar surface area (TPSA) is 27.1 Å². The number of para-hydroxylation sites is 2. The van der Waals surface area contributed by atoms with Crippen LogP contribution in [0.15, 0.2) is 127 Å². The highest BCUT2D eigenvalue weighted by Gasteiger charge is 2.23. The fourth-order valence-electron chi connectivity index (χ4n) is 4.90. The Morgan fingerprint density at radius 3 is 2.03 bits per heavy atom. The number of nitrogens with zero attached hydrogens (tertiary/aromatic N) is 2. The van der Waals surface area contributed by atoms with E-state index in [1.54, 1.807) is 0 Å². The van der Waals surface area contributed by atoms with Gasteiger partial charge in [0.25, 0.3) is 0 Å². The molecule has 0 amide bonds. The molecule has 1 aromatic heterocycles. The molecule has 0 fully saturated rings. The molecule has 0 atom stereocenters. The number of rotatable bonds is 7. The van der Waals surface area contributed by atoms with E-state index in [1.807, 2.05) is 6.07 Å². The summed E-state index contributed by atoms with van der Waals surface area (Å²) in [6, 6.07) is 44.2. The van der Waals surface area contributed by atoms with Crippen molar-refractivity contribution in [1.29, 1.82) is 0 Å². The maximum absolute atomic E-state index is 6.34. The molecule has 0 radical (unpaired) electrons. The lowest BCUT2D eigenvalue weighted by atomic mass is 9.90. The summed E-state index contributed by atoms with van der Waals surface area (Å²) in [7, 11) is 0. The molecule has 0 saturated carbocycles. The molecule has 0 aliphatic carbocycles. The van der Waals surface area contributed by atoms with Crippen molar-refractivity contribution in [3.8, 4) is 5.75 Å². The van der Waals surface area contributed by atoms with Gasteiger partial charge < -0.3 is 9.30 Å². The summed E-state index contributed by atoms with van der Waals surface area (Å²) in [5.41, 5.74) is 4.58. The number of hydrogen-bond acceptors (Lipinski definition) is 2. The molecule has 6 rings (SSSR count). The Morgan fingerprint density at radius 2 is 1.26 bits per heavy atom. The van der Waals surface area contributed by atoms with Crippen molar-refractivity contribution in [3.05, 3.63) is 144 Å². The Hall–Kier alpha value is -4.37. The van der Waals surface area contributed by atoms with Gasteiger partial charge >= 0.3 is 0 Å². The van der Waals surface area contributed by atoms with Crippen LogP contribution in [0.4, 0.5) is 0 Å². The zero-order valence-electron chi connectivity index (χ0n) is 19.4. The molecule has 5 aromatic carbocycles. The van der Waals surface area contributed by atoms with Gasteiger partial charge in [0.15, 0.2) is 0 Å². The quantitative estimate of drug-likeness (QED) is 0.250. The maximum atomic E-state index is 6.34. The van der Waals surface area contributed by atoms with Crippen LogP contribution >= 0.6 is 0 Å². The Morgan fingerprint density at radius 1 is 0.629 bits per heavy atom. The van der Waals surface area contributed by atoms with Crippen molar-refractivity contribution in [2.24, 2.45) is 0 Å². The third-order valence-corrected chi connectivity index (χ3v) is 6.53. The SMILES string of the molecule is c1ccc(C(c2ccccc2)c2nc3ccccc3n2CCOc2cccc3ccccc23)cc1. The van der Waals surface area contributed by atoms with Crippen LogP contribution in [-0.4, -0.2) is 16.2 Å². The highest BCUT2D eigenvalue weighted by atomic mass is 16.5. The number of hydrogen-bond donors (Lipinski definition) is 0. The molecule has 0 saturated heterocycles. The first-order chi connectivity index (χ1) is 17.4. The molecule has 1 heterocycles. The molecule has 0 aliphatic rings. The maximum Gasteiger partial charge on any atom is 0.127 e. The third kappa shape index (κ3) is 4.17. The first kappa shape index (κ1) is 21.2. The number of ether oxygens (including phenoxy) is 1. The average molecular weight is 455 g/mol. The first-order valence-electron chi connectivity index (χ1n) is 12.0. The third-order valence-electron chi connectivity index (χ3n) is 6.53. The highest BCUT2D eigenvalue weighted by Crippen LogP contribution is 2.33. The molecule has 3 heteroatoms. The van der Waals surface area contributed by atoms with Gasteiger partial charge in [-0.3, -0.25) is 0 Å². The molecular weight excluding hydrogens is 428 g/mol. The molecule has 0 aliphatic heterocycles. The minimum absolute atomic E-state index is 0.0300. The van der Waals surface area contributed by atoms with E-state index in [-0.39, 0.29) is 5.92 Å². The van der Waals surface area contributed by atoms with E-state index < -0.39 is 0 Å². The van der Waals surface area contributed by atoms with Crippen molar-refractivity contribution in [3.63, 3.8) is 0 Å². The van der Waals surface area contributed by atoms with Gasteiger partial charge in [-0.25, -0.2) is 4.98 Å². The Kier molecular flexibility index (Phi) is 5.73. The normalized spacial score (nSPS) is 11.3. The van der Waals surface area contributed by atoms with E-state index in [1.165, 1.54) is 16.5 Å². The first-order valence-corrected chi connectivity index (χ1v) is 12.0. The van der Waals surface area contributed by atoms with Crippen molar-refractivity contribution < 1.29 is 4.74 Å². The van der Waals surface area contributed by atoms with Crippen LogP contribution in [0.25, 0.3) is 21.8 Å². The standard InChI is InChI=1S/C32H26N2O/c1-3-13-25(14-4-1)31(26-15-5-2-6-16-26)32-33-28-19-9-10-20-29(28)34(32)22-23-35-30-21-11-17-24-12-7-8-18-27(24)30/h1-21,31H,22-23H2. The smallest absolute Gasteiger partial charge is 0.127 e. The van der Waals surface area contributed by atoms with E-state index >= 15 is 0 Å². The predicted molar refractivity (Wildman–Crippen MR) is 143 cm³/mol. The second-order valence-corrected chi connectivity index (χ2v) is 8.69. The van der Waals surface area contributed by atoms with Crippen LogP contribution in [0.2, 0.25) is 0 Å². The molecule has 6 aromatic rings. The number of aromatic nitrogens is 2. The Labute approximate surface area is 205 Å². The van der Waals surface area contributed by atoms with Crippen LogP contribution in [0.3, 0.4) is 0 Å². The lowest BCUT2D eigenvalue weighted by Gasteiger charge is -2.20. The second-order valence-electron chi connectivity index (χ2n) is 8.69. The Bertz CT molecular complexity index is 1530. The summed E-state index contributed by atoms with van der Waals surface area (Å²) in [6.45, 7) is 1.26. The van der Waals surface area contributed by atoms with Crippen molar-refractivity contribution in [2.75, 3.05) is 6.61 Å². The molecule has 3 nitrogen and oxygen atoms in total. The van der Waals surface area contributed by atoms with Gasteiger partial charge in [0.1, 0.15) is 18.2 Å². The zero-order valence-corrected chi connectivity index (χ0v) is 19.4. The van der Waals surface area contributed by atoms with Crippen molar-refractivity contribution in [2.45, 2.75) is 12.5 Å². The van der Waals surface area contributed by atoms with Crippen LogP contribution < -0.4 is 4.74 Å². The molecule has 0 spiro atoms. The lowest BCUT2D eigenvalue weighted by Crippen LogP contribution is -2.15. The fraction of sp³-hybridized carbons (Fsp3) is 0.0938.